The summed E-state index contributed by atoms with van der Waals surface area (Å²) in [6, 6.07) is 76.3. The first-order valence-electron chi connectivity index (χ1n) is 30.2. The maximum absolute atomic E-state index is 12.2. The van der Waals surface area contributed by atoms with Gasteiger partial charge in [-0.15, -0.1) is 0 Å². The number of rotatable bonds is 16. The van der Waals surface area contributed by atoms with E-state index < -0.39 is 0 Å². The van der Waals surface area contributed by atoms with E-state index in [0.717, 1.165) is 88.3 Å². The molecule has 12 aromatic rings. The van der Waals surface area contributed by atoms with Crippen LogP contribution in [0.1, 0.15) is 96.4 Å². The van der Waals surface area contributed by atoms with Gasteiger partial charge in [-0.05, 0) is 164 Å². The van der Waals surface area contributed by atoms with Gasteiger partial charge < -0.3 is 39.4 Å². The summed E-state index contributed by atoms with van der Waals surface area (Å²) in [4.78, 5) is 18.3. The normalized spacial score (nSPS) is 12.3. The molecule has 0 spiro atoms. The van der Waals surface area contributed by atoms with Gasteiger partial charge in [-0.25, -0.2) is 0 Å². The van der Waals surface area contributed by atoms with E-state index in [-0.39, 0.29) is 86.1 Å². The van der Waals surface area contributed by atoms with Crippen LogP contribution in [-0.2, 0) is 39.0 Å². The average Bonchev–Trinajstić information content (AvgIpc) is 1.04. The van der Waals surface area contributed by atoms with Crippen LogP contribution in [0.15, 0.2) is 263 Å². The van der Waals surface area contributed by atoms with Crippen molar-refractivity contribution in [3.8, 4) is 46.0 Å². The molecule has 0 aliphatic heterocycles. The van der Waals surface area contributed by atoms with Gasteiger partial charge in [0, 0.05) is 24.9 Å². The minimum Gasteiger partial charge on any atom is -0.872 e. The van der Waals surface area contributed by atoms with Crippen LogP contribution in [0.5, 0.6) is 46.0 Å². The minimum atomic E-state index is -0.0284. The van der Waals surface area contributed by atoms with Crippen molar-refractivity contribution in [1.29, 1.82) is 0 Å². The quantitative estimate of drug-likeness (QED) is 0.0677. The van der Waals surface area contributed by atoms with Gasteiger partial charge in [0.05, 0.1) is 52.6 Å². The van der Waals surface area contributed by atoms with Gasteiger partial charge in [-0.2, -0.15) is 0 Å². The zero-order valence-corrected chi connectivity index (χ0v) is 60.1. The first kappa shape index (κ1) is 71.4. The Morgan fingerprint density at radius 3 is 0.617 bits per heavy atom. The van der Waals surface area contributed by atoms with Crippen molar-refractivity contribution in [2.24, 2.45) is 20.0 Å². The molecule has 0 amide bonds. The second-order valence-corrected chi connectivity index (χ2v) is 21.7. The molecule has 14 heteroatoms. The summed E-state index contributed by atoms with van der Waals surface area (Å²) in [6.07, 6.45) is 6.78. The molecule has 12 nitrogen and oxygen atoms in total. The molecule has 0 aromatic heterocycles. The molecule has 4 atom stereocenters. The largest absolute Gasteiger partial charge is 2.00 e. The number of ether oxygens (including phenoxy) is 4. The summed E-state index contributed by atoms with van der Waals surface area (Å²) in [5.74, 6) is 3.26. The topological polar surface area (TPSA) is 179 Å². The van der Waals surface area contributed by atoms with E-state index >= 15 is 0 Å². The molecule has 12 aromatic carbocycles. The number of benzene rings is 12. The van der Waals surface area contributed by atoms with Crippen LogP contribution < -0.4 is 39.4 Å². The number of fused-ring (bicyclic) bond motifs is 4. The Morgan fingerprint density at radius 1 is 0.255 bits per heavy atom. The number of aliphatic imine (C=N–C) groups is 4. The Balaban J connectivity index is 0.000000176. The number of hydrogen-bond donors (Lipinski definition) is 0. The molecule has 0 N–H and O–H groups in total. The van der Waals surface area contributed by atoms with E-state index in [1.807, 2.05) is 246 Å². The van der Waals surface area contributed by atoms with Gasteiger partial charge in [-0.1, -0.05) is 217 Å². The van der Waals surface area contributed by atoms with E-state index in [4.69, 9.17) is 18.9 Å². The van der Waals surface area contributed by atoms with E-state index in [1.165, 1.54) is 0 Å². The molecule has 0 heterocycles. The van der Waals surface area contributed by atoms with Crippen LogP contribution >= 0.6 is 0 Å². The molecule has 0 radical (unpaired) electrons. The van der Waals surface area contributed by atoms with Crippen LogP contribution in [0.25, 0.3) is 43.1 Å². The van der Waals surface area contributed by atoms with Gasteiger partial charge in [-0.3, -0.25) is 20.0 Å². The summed E-state index contributed by atoms with van der Waals surface area (Å²) >= 11 is 0. The third kappa shape index (κ3) is 18.6. The second kappa shape index (κ2) is 35.2. The fourth-order valence-corrected chi connectivity index (χ4v) is 10.3. The monoisotopic (exact) mass is 1340 g/mol. The molecule has 0 saturated carbocycles. The van der Waals surface area contributed by atoms with Crippen molar-refractivity contribution in [1.82, 2.24) is 0 Å². The Hall–Kier alpha value is -9.99. The summed E-state index contributed by atoms with van der Waals surface area (Å²) in [5.41, 5.74) is 6.88. The molecule has 0 fully saturated rings. The van der Waals surface area contributed by atoms with E-state index in [2.05, 4.69) is 20.0 Å². The van der Waals surface area contributed by atoms with Gasteiger partial charge in [0.15, 0.2) is 0 Å². The Bertz CT molecular complexity index is 3940. The third-order valence-corrected chi connectivity index (χ3v) is 15.8. The molecule has 94 heavy (non-hydrogen) atoms. The van der Waals surface area contributed by atoms with Crippen molar-refractivity contribution in [3.63, 3.8) is 0 Å². The van der Waals surface area contributed by atoms with Gasteiger partial charge >= 0.3 is 39.0 Å². The Kier molecular flexibility index (Phi) is 26.7. The summed E-state index contributed by atoms with van der Waals surface area (Å²) < 4.78 is 20.6. The van der Waals surface area contributed by atoms with Crippen LogP contribution in [0.2, 0.25) is 0 Å². The Morgan fingerprint density at radius 2 is 0.436 bits per heavy atom. The molecular formula is C80H72N4O8Zn2. The molecular weight excluding hydrogens is 1280 g/mol. The van der Waals surface area contributed by atoms with Crippen molar-refractivity contribution < 1.29 is 78.3 Å². The molecule has 0 unspecified atom stereocenters. The van der Waals surface area contributed by atoms with Gasteiger partial charge in [0.2, 0.25) is 0 Å². The third-order valence-electron chi connectivity index (χ3n) is 15.8. The number of hydrogen-bond acceptors (Lipinski definition) is 12. The fraction of sp³-hybridized carbons (Fsp3) is 0.150. The van der Waals surface area contributed by atoms with E-state index in [1.54, 1.807) is 77.6 Å². The molecule has 0 aliphatic rings. The van der Waals surface area contributed by atoms with Crippen molar-refractivity contribution in [2.45, 2.75) is 51.9 Å². The SMILES string of the molecule is COc1ccc([C@H](C)N=Cc2c([O-])ccc3ccccc23)cc1.COc1ccc([C@H](C)N=Cc2c([O-])ccc3ccccc23)cc1.COc1ccc([C@H](C)N=Cc2c([O-])ccc3ccccc23)cc1.COc1ccc([C@H](C)N=Cc2c([O-])ccc3ccccc23)cc1.[Zn+2].[Zn+2]. The molecule has 0 aliphatic carbocycles. The smallest absolute Gasteiger partial charge is 0.872 e. The van der Waals surface area contributed by atoms with Crippen molar-refractivity contribution >= 4 is 67.9 Å². The van der Waals surface area contributed by atoms with Crippen molar-refractivity contribution in [3.05, 3.63) is 287 Å². The number of nitrogens with zero attached hydrogens (tertiary/aromatic N) is 4. The molecule has 0 saturated heterocycles. The second-order valence-electron chi connectivity index (χ2n) is 21.7. The standard InChI is InChI=1S/4C20H19NO2.2Zn/c4*1-14(15-7-10-17(23-2)11-8-15)21-13-19-18-6-4-3-5-16(18)9-12-20(19)22;;/h4*3-14,22H,1-2H3;;/q;;;;2*+2/p-4/t4*14-;;/m0000../s1. The molecule has 12 rings (SSSR count). The van der Waals surface area contributed by atoms with E-state index in [0.29, 0.717) is 22.3 Å². The first-order chi connectivity index (χ1) is 44.7. The molecule has 0 bridgehead atoms. The van der Waals surface area contributed by atoms with Crippen molar-refractivity contribution in [2.75, 3.05) is 28.4 Å². The Labute approximate surface area is 575 Å². The maximum Gasteiger partial charge on any atom is 2.00 e. The van der Waals surface area contributed by atoms with Crippen LogP contribution in [0.3, 0.4) is 0 Å². The van der Waals surface area contributed by atoms with E-state index in [9.17, 15) is 20.4 Å². The summed E-state index contributed by atoms with van der Waals surface area (Å²) in [6.45, 7) is 8.03. The summed E-state index contributed by atoms with van der Waals surface area (Å²) in [7, 11) is 6.58. The van der Waals surface area contributed by atoms with Gasteiger partial charge in [0.1, 0.15) is 23.0 Å². The zero-order valence-electron chi connectivity index (χ0n) is 54.2. The minimum absolute atomic E-state index is 0. The fourth-order valence-electron chi connectivity index (χ4n) is 10.3. The van der Waals surface area contributed by atoms with Gasteiger partial charge in [0.25, 0.3) is 0 Å². The predicted molar refractivity (Wildman–Crippen MR) is 370 cm³/mol. The summed E-state index contributed by atoms with van der Waals surface area (Å²) in [5, 5.41) is 56.6. The maximum atomic E-state index is 12.2. The molecule has 464 valence electrons. The van der Waals surface area contributed by atoms with Crippen LogP contribution in [0, 0.1) is 0 Å². The van der Waals surface area contributed by atoms with Crippen LogP contribution in [0.4, 0.5) is 0 Å². The zero-order chi connectivity index (χ0) is 64.9. The average molecular weight is 1350 g/mol. The number of methoxy groups -OCH3 is 4. The first-order valence-corrected chi connectivity index (χ1v) is 30.2. The predicted octanol–water partition coefficient (Wildman–Crippen LogP) is 16.4. The van der Waals surface area contributed by atoms with Crippen LogP contribution in [-0.4, -0.2) is 53.3 Å².